The Balaban J connectivity index is 2.12. The van der Waals surface area contributed by atoms with Crippen molar-refractivity contribution in [2.45, 2.75) is 11.0 Å². The molecular formula is C13H14ClNO3S2. The molecule has 20 heavy (non-hydrogen) atoms. The second kappa shape index (κ2) is 6.69. The second-order valence-corrected chi connectivity index (χ2v) is 6.99. The first-order chi connectivity index (χ1) is 9.54. The van der Waals surface area contributed by atoms with E-state index in [9.17, 15) is 8.42 Å². The maximum absolute atomic E-state index is 12.2. The third-order valence-corrected chi connectivity index (χ3v) is 5.41. The van der Waals surface area contributed by atoms with Gasteiger partial charge in [-0.25, -0.2) is 13.1 Å². The Morgan fingerprint density at radius 3 is 2.70 bits per heavy atom. The summed E-state index contributed by atoms with van der Waals surface area (Å²) in [5.41, 5.74) is 0.944. The van der Waals surface area contributed by atoms with E-state index in [2.05, 4.69) is 4.72 Å². The summed E-state index contributed by atoms with van der Waals surface area (Å²) in [7, 11) is -2.10. The Kier molecular flexibility index (Phi) is 5.17. The van der Waals surface area contributed by atoms with Gasteiger partial charge in [0.25, 0.3) is 0 Å². The van der Waals surface area contributed by atoms with Crippen molar-refractivity contribution in [1.29, 1.82) is 0 Å². The van der Waals surface area contributed by atoms with Gasteiger partial charge in [-0.1, -0.05) is 23.7 Å². The van der Waals surface area contributed by atoms with E-state index in [4.69, 9.17) is 16.3 Å². The third-order valence-electron chi connectivity index (χ3n) is 2.78. The van der Waals surface area contributed by atoms with Crippen LogP contribution in [-0.4, -0.2) is 22.1 Å². The smallest absolute Gasteiger partial charge is 0.242 e. The fourth-order valence-corrected chi connectivity index (χ4v) is 3.97. The molecule has 4 nitrogen and oxygen atoms in total. The SMILES string of the molecule is COC(CNS(=O)(=O)c1ccccc1Cl)c1ccsc1. The summed E-state index contributed by atoms with van der Waals surface area (Å²) >= 11 is 7.45. The van der Waals surface area contributed by atoms with Gasteiger partial charge in [-0.15, -0.1) is 0 Å². The molecule has 7 heteroatoms. The van der Waals surface area contributed by atoms with Crippen molar-refractivity contribution in [2.24, 2.45) is 0 Å². The van der Waals surface area contributed by atoms with Crippen molar-refractivity contribution in [3.63, 3.8) is 0 Å². The fourth-order valence-electron chi connectivity index (χ4n) is 1.72. The molecule has 0 radical (unpaired) electrons. The lowest BCUT2D eigenvalue weighted by molar-refractivity contribution is 0.107. The van der Waals surface area contributed by atoms with Crippen LogP contribution in [0.2, 0.25) is 5.02 Å². The Bertz CT molecular complexity index is 656. The van der Waals surface area contributed by atoms with E-state index < -0.39 is 10.0 Å². The van der Waals surface area contributed by atoms with Gasteiger partial charge in [0.1, 0.15) is 4.90 Å². The average Bonchev–Trinajstić information content (AvgIpc) is 2.94. The second-order valence-electron chi connectivity index (χ2n) is 4.06. The van der Waals surface area contributed by atoms with E-state index in [1.165, 1.54) is 17.4 Å². The van der Waals surface area contributed by atoms with Gasteiger partial charge in [0, 0.05) is 13.7 Å². The van der Waals surface area contributed by atoms with E-state index >= 15 is 0 Å². The zero-order valence-corrected chi connectivity index (χ0v) is 13.1. The van der Waals surface area contributed by atoms with Crippen LogP contribution >= 0.6 is 22.9 Å². The predicted molar refractivity (Wildman–Crippen MR) is 80.7 cm³/mol. The van der Waals surface area contributed by atoms with Gasteiger partial charge in [-0.05, 0) is 34.5 Å². The Labute approximate surface area is 127 Å². The van der Waals surface area contributed by atoms with E-state index in [1.807, 2.05) is 16.8 Å². The van der Waals surface area contributed by atoms with Crippen molar-refractivity contribution < 1.29 is 13.2 Å². The van der Waals surface area contributed by atoms with E-state index in [-0.39, 0.29) is 22.6 Å². The number of methoxy groups -OCH3 is 1. The number of thiophene rings is 1. The number of ether oxygens (including phenoxy) is 1. The van der Waals surface area contributed by atoms with Crippen molar-refractivity contribution in [3.05, 3.63) is 51.7 Å². The summed E-state index contributed by atoms with van der Waals surface area (Å²) in [6, 6.07) is 8.24. The van der Waals surface area contributed by atoms with Gasteiger partial charge in [-0.2, -0.15) is 11.3 Å². The van der Waals surface area contributed by atoms with Crippen LogP contribution in [0, 0.1) is 0 Å². The minimum Gasteiger partial charge on any atom is -0.375 e. The molecule has 0 amide bonds. The van der Waals surface area contributed by atoms with Crippen LogP contribution < -0.4 is 4.72 Å². The summed E-state index contributed by atoms with van der Waals surface area (Å²) in [5, 5.41) is 4.05. The largest absolute Gasteiger partial charge is 0.375 e. The first kappa shape index (κ1) is 15.5. The molecule has 0 saturated heterocycles. The fraction of sp³-hybridized carbons (Fsp3) is 0.231. The predicted octanol–water partition coefficient (Wildman–Crippen LogP) is 3.07. The van der Waals surface area contributed by atoms with E-state index in [1.54, 1.807) is 25.3 Å². The Morgan fingerprint density at radius 1 is 1.35 bits per heavy atom. The molecule has 2 rings (SSSR count). The highest BCUT2D eigenvalue weighted by Gasteiger charge is 2.20. The van der Waals surface area contributed by atoms with Gasteiger partial charge in [-0.3, -0.25) is 0 Å². The van der Waals surface area contributed by atoms with Gasteiger partial charge in [0.05, 0.1) is 11.1 Å². The van der Waals surface area contributed by atoms with Crippen molar-refractivity contribution in [1.82, 2.24) is 4.72 Å². The Hall–Kier alpha value is -0.920. The summed E-state index contributed by atoms with van der Waals surface area (Å²) in [6.07, 6.45) is -0.321. The molecule has 0 aliphatic heterocycles. The van der Waals surface area contributed by atoms with Gasteiger partial charge >= 0.3 is 0 Å². The molecule has 108 valence electrons. The lowest BCUT2D eigenvalue weighted by Gasteiger charge is -2.15. The molecule has 0 bridgehead atoms. The first-order valence-electron chi connectivity index (χ1n) is 5.83. The summed E-state index contributed by atoms with van der Waals surface area (Å²) in [4.78, 5) is 0.0711. The quantitative estimate of drug-likeness (QED) is 0.885. The zero-order valence-electron chi connectivity index (χ0n) is 10.7. The molecule has 1 aromatic carbocycles. The van der Waals surface area contributed by atoms with Crippen molar-refractivity contribution >= 4 is 33.0 Å². The van der Waals surface area contributed by atoms with Gasteiger partial charge < -0.3 is 4.74 Å². The molecule has 0 aliphatic rings. The number of rotatable bonds is 6. The molecule has 1 atom stereocenters. The van der Waals surface area contributed by atoms with Crippen LogP contribution in [0.3, 0.4) is 0 Å². The number of hydrogen-bond acceptors (Lipinski definition) is 4. The van der Waals surface area contributed by atoms with Crippen LogP contribution in [-0.2, 0) is 14.8 Å². The van der Waals surface area contributed by atoms with Crippen molar-refractivity contribution in [3.8, 4) is 0 Å². The standard InChI is InChI=1S/C13H14ClNO3S2/c1-18-12(10-6-7-19-9-10)8-15-20(16,17)13-5-3-2-4-11(13)14/h2-7,9,12,15H,8H2,1H3. The summed E-state index contributed by atoms with van der Waals surface area (Å²) in [5.74, 6) is 0. The highest BCUT2D eigenvalue weighted by Crippen LogP contribution is 2.22. The molecule has 0 aliphatic carbocycles. The van der Waals surface area contributed by atoms with Crippen LogP contribution in [0.4, 0.5) is 0 Å². The number of hydrogen-bond donors (Lipinski definition) is 1. The minimum atomic E-state index is -3.65. The molecule has 0 saturated carbocycles. The highest BCUT2D eigenvalue weighted by molar-refractivity contribution is 7.89. The molecule has 2 aromatic rings. The topological polar surface area (TPSA) is 55.4 Å². The average molecular weight is 332 g/mol. The molecule has 1 N–H and O–H groups in total. The molecule has 1 aromatic heterocycles. The van der Waals surface area contributed by atoms with Crippen LogP contribution in [0.25, 0.3) is 0 Å². The highest BCUT2D eigenvalue weighted by atomic mass is 35.5. The summed E-state index contributed by atoms with van der Waals surface area (Å²) in [6.45, 7) is 0.154. The maximum Gasteiger partial charge on any atom is 0.242 e. The third kappa shape index (κ3) is 3.59. The Morgan fingerprint density at radius 2 is 2.10 bits per heavy atom. The number of benzene rings is 1. The van der Waals surface area contributed by atoms with Crippen LogP contribution in [0.15, 0.2) is 46.0 Å². The lowest BCUT2D eigenvalue weighted by Crippen LogP contribution is -2.29. The number of halogens is 1. The zero-order chi connectivity index (χ0) is 14.6. The molecule has 1 unspecified atom stereocenters. The van der Waals surface area contributed by atoms with E-state index in [0.717, 1.165) is 5.56 Å². The molecule has 0 spiro atoms. The normalized spacial score (nSPS) is 13.3. The molecule has 1 heterocycles. The maximum atomic E-state index is 12.2. The lowest BCUT2D eigenvalue weighted by atomic mass is 10.2. The minimum absolute atomic E-state index is 0.0711. The van der Waals surface area contributed by atoms with Crippen molar-refractivity contribution in [2.75, 3.05) is 13.7 Å². The van der Waals surface area contributed by atoms with Gasteiger partial charge in [0.2, 0.25) is 10.0 Å². The van der Waals surface area contributed by atoms with Crippen LogP contribution in [0.5, 0.6) is 0 Å². The van der Waals surface area contributed by atoms with E-state index in [0.29, 0.717) is 0 Å². The number of nitrogens with one attached hydrogen (secondary N) is 1. The molecular weight excluding hydrogens is 318 g/mol. The molecule has 0 fully saturated rings. The summed E-state index contributed by atoms with van der Waals surface area (Å²) < 4.78 is 32.2. The monoisotopic (exact) mass is 331 g/mol. The van der Waals surface area contributed by atoms with Crippen LogP contribution in [0.1, 0.15) is 11.7 Å². The number of sulfonamides is 1. The first-order valence-corrected chi connectivity index (χ1v) is 8.64. The van der Waals surface area contributed by atoms with Gasteiger partial charge in [0.15, 0.2) is 0 Å².